The summed E-state index contributed by atoms with van der Waals surface area (Å²) in [4.78, 5) is 22.1. The SMILES string of the molecule is C=C(CC)CC1CCC(=O)NC1=O. The Morgan fingerprint density at radius 3 is 2.85 bits per heavy atom. The Bertz CT molecular complexity index is 245. The Hall–Kier alpha value is -1.12. The third kappa shape index (κ3) is 2.68. The zero-order valence-electron chi connectivity index (χ0n) is 7.93. The molecule has 0 aromatic carbocycles. The maximum atomic E-state index is 11.3. The van der Waals surface area contributed by atoms with Crippen molar-refractivity contribution in [3.63, 3.8) is 0 Å². The average Bonchev–Trinajstić information content (AvgIpc) is 2.09. The van der Waals surface area contributed by atoms with Crippen molar-refractivity contribution in [2.75, 3.05) is 0 Å². The molecule has 1 aliphatic heterocycles. The van der Waals surface area contributed by atoms with Crippen LogP contribution in [0.1, 0.15) is 32.6 Å². The molecule has 72 valence electrons. The summed E-state index contributed by atoms with van der Waals surface area (Å²) in [6.07, 6.45) is 2.75. The molecule has 2 amide bonds. The molecule has 1 unspecified atom stereocenters. The van der Waals surface area contributed by atoms with Gasteiger partial charge >= 0.3 is 0 Å². The van der Waals surface area contributed by atoms with Crippen molar-refractivity contribution < 1.29 is 9.59 Å². The van der Waals surface area contributed by atoms with E-state index in [1.54, 1.807) is 0 Å². The normalized spacial score (nSPS) is 22.7. The fourth-order valence-electron chi connectivity index (χ4n) is 1.43. The molecule has 3 heteroatoms. The fraction of sp³-hybridized carbons (Fsp3) is 0.600. The third-order valence-electron chi connectivity index (χ3n) is 2.39. The fourth-order valence-corrected chi connectivity index (χ4v) is 1.43. The molecule has 0 bridgehead atoms. The van der Waals surface area contributed by atoms with Gasteiger partial charge in [0.15, 0.2) is 0 Å². The van der Waals surface area contributed by atoms with Crippen LogP contribution >= 0.6 is 0 Å². The second kappa shape index (κ2) is 4.21. The van der Waals surface area contributed by atoms with E-state index in [1.807, 2.05) is 6.92 Å². The first kappa shape index (κ1) is 9.96. The topological polar surface area (TPSA) is 46.2 Å². The van der Waals surface area contributed by atoms with Crippen LogP contribution in [0, 0.1) is 5.92 Å². The second-order valence-electron chi connectivity index (χ2n) is 3.46. The van der Waals surface area contributed by atoms with Crippen LogP contribution in [0.25, 0.3) is 0 Å². The molecule has 0 aliphatic carbocycles. The molecule has 1 heterocycles. The minimum absolute atomic E-state index is 0.0369. The lowest BCUT2D eigenvalue weighted by molar-refractivity contribution is -0.136. The van der Waals surface area contributed by atoms with Gasteiger partial charge in [-0.05, 0) is 19.3 Å². The Kier molecular flexibility index (Phi) is 3.23. The van der Waals surface area contributed by atoms with Crippen LogP contribution in [-0.2, 0) is 9.59 Å². The number of carbonyl (C=O) groups is 2. The van der Waals surface area contributed by atoms with Crippen molar-refractivity contribution in [2.24, 2.45) is 5.92 Å². The number of nitrogens with one attached hydrogen (secondary N) is 1. The summed E-state index contributed by atoms with van der Waals surface area (Å²) in [7, 11) is 0. The highest BCUT2D eigenvalue weighted by Crippen LogP contribution is 2.20. The van der Waals surface area contributed by atoms with Gasteiger partial charge in [0.25, 0.3) is 0 Å². The van der Waals surface area contributed by atoms with E-state index in [-0.39, 0.29) is 17.7 Å². The number of hydrogen-bond acceptors (Lipinski definition) is 2. The first-order valence-electron chi connectivity index (χ1n) is 4.63. The molecule has 1 rings (SSSR count). The molecule has 1 atom stereocenters. The Morgan fingerprint density at radius 2 is 2.31 bits per heavy atom. The van der Waals surface area contributed by atoms with Crippen molar-refractivity contribution in [3.8, 4) is 0 Å². The standard InChI is InChI=1S/C10H15NO2/c1-3-7(2)6-8-4-5-9(12)11-10(8)13/h8H,2-6H2,1H3,(H,11,12,13). The molecule has 0 radical (unpaired) electrons. The lowest BCUT2D eigenvalue weighted by Gasteiger charge is -2.21. The molecular weight excluding hydrogens is 166 g/mol. The lowest BCUT2D eigenvalue weighted by atomic mass is 9.91. The summed E-state index contributed by atoms with van der Waals surface area (Å²) in [5.74, 6) is -0.320. The number of rotatable bonds is 3. The minimum Gasteiger partial charge on any atom is -0.296 e. The van der Waals surface area contributed by atoms with Gasteiger partial charge in [-0.3, -0.25) is 14.9 Å². The van der Waals surface area contributed by atoms with E-state index in [0.29, 0.717) is 12.8 Å². The van der Waals surface area contributed by atoms with Crippen LogP contribution in [0.3, 0.4) is 0 Å². The number of amides is 2. The Labute approximate surface area is 78.2 Å². The van der Waals surface area contributed by atoms with Gasteiger partial charge in [0.2, 0.25) is 11.8 Å². The van der Waals surface area contributed by atoms with Gasteiger partial charge in [0.1, 0.15) is 0 Å². The summed E-state index contributed by atoms with van der Waals surface area (Å²) in [6, 6.07) is 0. The van der Waals surface area contributed by atoms with E-state index in [9.17, 15) is 9.59 Å². The number of imide groups is 1. The van der Waals surface area contributed by atoms with E-state index in [0.717, 1.165) is 18.4 Å². The molecule has 13 heavy (non-hydrogen) atoms. The molecule has 0 spiro atoms. The van der Waals surface area contributed by atoms with E-state index >= 15 is 0 Å². The smallest absolute Gasteiger partial charge is 0.229 e. The van der Waals surface area contributed by atoms with E-state index in [1.165, 1.54) is 0 Å². The number of piperidine rings is 1. The van der Waals surface area contributed by atoms with Crippen molar-refractivity contribution in [1.29, 1.82) is 0 Å². The van der Waals surface area contributed by atoms with Crippen molar-refractivity contribution in [1.82, 2.24) is 5.32 Å². The van der Waals surface area contributed by atoms with Gasteiger partial charge in [0, 0.05) is 12.3 Å². The van der Waals surface area contributed by atoms with Crippen molar-refractivity contribution in [2.45, 2.75) is 32.6 Å². The highest BCUT2D eigenvalue weighted by atomic mass is 16.2. The van der Waals surface area contributed by atoms with Crippen LogP contribution in [0.15, 0.2) is 12.2 Å². The maximum absolute atomic E-state index is 11.3. The summed E-state index contributed by atoms with van der Waals surface area (Å²) in [6.45, 7) is 5.88. The molecule has 1 fully saturated rings. The zero-order valence-corrected chi connectivity index (χ0v) is 7.93. The molecule has 0 saturated carbocycles. The van der Waals surface area contributed by atoms with Crippen LogP contribution in [-0.4, -0.2) is 11.8 Å². The largest absolute Gasteiger partial charge is 0.296 e. The predicted octanol–water partition coefficient (Wildman–Crippen LogP) is 1.40. The van der Waals surface area contributed by atoms with Crippen LogP contribution in [0.5, 0.6) is 0 Å². The van der Waals surface area contributed by atoms with Gasteiger partial charge in [-0.25, -0.2) is 0 Å². The minimum atomic E-state index is -0.150. The molecule has 1 aliphatic rings. The first-order valence-corrected chi connectivity index (χ1v) is 4.63. The van der Waals surface area contributed by atoms with E-state index in [4.69, 9.17) is 0 Å². The van der Waals surface area contributed by atoms with Crippen LogP contribution < -0.4 is 5.32 Å². The van der Waals surface area contributed by atoms with Gasteiger partial charge in [-0.1, -0.05) is 19.1 Å². The summed E-state index contributed by atoms with van der Waals surface area (Å²) >= 11 is 0. The Balaban J connectivity index is 2.47. The van der Waals surface area contributed by atoms with E-state index in [2.05, 4.69) is 11.9 Å². The third-order valence-corrected chi connectivity index (χ3v) is 2.39. The number of hydrogen-bond donors (Lipinski definition) is 1. The van der Waals surface area contributed by atoms with Crippen LogP contribution in [0.4, 0.5) is 0 Å². The number of carbonyl (C=O) groups excluding carboxylic acids is 2. The van der Waals surface area contributed by atoms with Gasteiger partial charge in [0.05, 0.1) is 0 Å². The highest BCUT2D eigenvalue weighted by molar-refractivity contribution is 5.98. The highest BCUT2D eigenvalue weighted by Gasteiger charge is 2.26. The van der Waals surface area contributed by atoms with Crippen molar-refractivity contribution in [3.05, 3.63) is 12.2 Å². The van der Waals surface area contributed by atoms with Crippen LogP contribution in [0.2, 0.25) is 0 Å². The van der Waals surface area contributed by atoms with E-state index < -0.39 is 0 Å². The molecule has 0 aromatic heterocycles. The maximum Gasteiger partial charge on any atom is 0.229 e. The molecule has 1 N–H and O–H groups in total. The predicted molar refractivity (Wildman–Crippen MR) is 49.9 cm³/mol. The molecule has 3 nitrogen and oxygen atoms in total. The van der Waals surface area contributed by atoms with Gasteiger partial charge < -0.3 is 0 Å². The molecule has 0 aromatic rings. The lowest BCUT2D eigenvalue weighted by Crippen LogP contribution is -2.40. The molecular formula is C10H15NO2. The van der Waals surface area contributed by atoms with Gasteiger partial charge in [-0.2, -0.15) is 0 Å². The molecule has 1 saturated heterocycles. The quantitative estimate of drug-likeness (QED) is 0.528. The first-order chi connectivity index (χ1) is 6.13. The second-order valence-corrected chi connectivity index (χ2v) is 3.46. The monoisotopic (exact) mass is 181 g/mol. The summed E-state index contributed by atoms with van der Waals surface area (Å²) < 4.78 is 0. The van der Waals surface area contributed by atoms with Gasteiger partial charge in [-0.15, -0.1) is 0 Å². The zero-order chi connectivity index (χ0) is 9.84. The average molecular weight is 181 g/mol. The summed E-state index contributed by atoms with van der Waals surface area (Å²) in [5.41, 5.74) is 1.08. The van der Waals surface area contributed by atoms with Crippen molar-refractivity contribution >= 4 is 11.8 Å². The summed E-state index contributed by atoms with van der Waals surface area (Å²) in [5, 5.41) is 2.34. The Morgan fingerprint density at radius 1 is 1.62 bits per heavy atom. The number of allylic oxidation sites excluding steroid dienone is 1.